The predicted molar refractivity (Wildman–Crippen MR) is 105 cm³/mol. The highest BCUT2D eigenvalue weighted by Gasteiger charge is 2.21. The van der Waals surface area contributed by atoms with Gasteiger partial charge in [0.1, 0.15) is 0 Å². The van der Waals surface area contributed by atoms with Gasteiger partial charge in [0.05, 0.1) is 0 Å². The first-order valence-corrected chi connectivity index (χ1v) is 10.1. The van der Waals surface area contributed by atoms with Crippen molar-refractivity contribution in [1.29, 1.82) is 0 Å². The van der Waals surface area contributed by atoms with Gasteiger partial charge in [-0.15, -0.1) is 0 Å². The number of aromatic nitrogens is 2. The van der Waals surface area contributed by atoms with Crippen LogP contribution >= 0.6 is 0 Å². The molecule has 0 unspecified atom stereocenters. The zero-order valence-corrected chi connectivity index (χ0v) is 15.9. The molecule has 0 radical (unpaired) electrons. The van der Waals surface area contributed by atoms with Crippen LogP contribution in [0.4, 0.5) is 0 Å². The summed E-state index contributed by atoms with van der Waals surface area (Å²) in [6.45, 7) is 5.61. The molecule has 3 N–H and O–H groups in total. The van der Waals surface area contributed by atoms with Crippen molar-refractivity contribution >= 4 is 5.91 Å². The van der Waals surface area contributed by atoms with Gasteiger partial charge >= 0.3 is 0 Å². The number of H-pyrrole nitrogens is 1. The fourth-order valence-corrected chi connectivity index (χ4v) is 3.99. The fraction of sp³-hybridized carbons (Fsp3) is 0.524. The van der Waals surface area contributed by atoms with E-state index in [1.807, 2.05) is 0 Å². The second-order valence-electron chi connectivity index (χ2n) is 7.65. The molecule has 1 aromatic carbocycles. The number of aromatic amines is 1. The first kappa shape index (κ1) is 18.2. The van der Waals surface area contributed by atoms with Crippen molar-refractivity contribution in [3.63, 3.8) is 0 Å². The summed E-state index contributed by atoms with van der Waals surface area (Å²) in [4.78, 5) is 15.0. The maximum atomic E-state index is 12.5. The van der Waals surface area contributed by atoms with Gasteiger partial charge in [0.15, 0.2) is 5.69 Å². The largest absolute Gasteiger partial charge is 0.347 e. The lowest BCUT2D eigenvalue weighted by atomic mass is 10.1. The number of carbonyl (C=O) groups is 1. The van der Waals surface area contributed by atoms with E-state index in [1.54, 1.807) is 0 Å². The summed E-state index contributed by atoms with van der Waals surface area (Å²) < 4.78 is 0. The van der Waals surface area contributed by atoms with Crippen molar-refractivity contribution in [3.8, 4) is 0 Å². The minimum atomic E-state index is -0.107. The van der Waals surface area contributed by atoms with E-state index in [4.69, 9.17) is 0 Å². The maximum absolute atomic E-state index is 12.5. The van der Waals surface area contributed by atoms with Crippen molar-refractivity contribution in [3.05, 3.63) is 52.3 Å². The number of fused-ring (bicyclic) bond motifs is 1. The van der Waals surface area contributed by atoms with E-state index in [9.17, 15) is 4.79 Å². The number of nitrogens with one attached hydrogen (secondary N) is 3. The van der Waals surface area contributed by atoms with E-state index in [1.165, 1.54) is 44.3 Å². The second-order valence-corrected chi connectivity index (χ2v) is 7.65. The van der Waals surface area contributed by atoms with Gasteiger partial charge in [0.2, 0.25) is 0 Å². The van der Waals surface area contributed by atoms with Gasteiger partial charge in [0.25, 0.3) is 5.91 Å². The zero-order valence-electron chi connectivity index (χ0n) is 15.9. The molecule has 144 valence electrons. The molecule has 6 nitrogen and oxygen atoms in total. The average molecular weight is 367 g/mol. The molecule has 3 heterocycles. The molecule has 1 saturated heterocycles. The molecular weight excluding hydrogens is 338 g/mol. The Morgan fingerprint density at radius 1 is 1.07 bits per heavy atom. The molecule has 0 bridgehead atoms. The minimum absolute atomic E-state index is 0.107. The van der Waals surface area contributed by atoms with Crippen LogP contribution in [-0.4, -0.2) is 40.6 Å². The molecule has 1 fully saturated rings. The Morgan fingerprint density at radius 3 is 2.59 bits per heavy atom. The lowest BCUT2D eigenvalue weighted by Crippen LogP contribution is -2.28. The predicted octanol–water partition coefficient (Wildman–Crippen LogP) is 2.36. The van der Waals surface area contributed by atoms with E-state index < -0.39 is 0 Å². The molecule has 0 aliphatic carbocycles. The van der Waals surface area contributed by atoms with Crippen LogP contribution in [0.25, 0.3) is 0 Å². The van der Waals surface area contributed by atoms with E-state index in [-0.39, 0.29) is 5.91 Å². The Kier molecular flexibility index (Phi) is 5.84. The highest BCUT2D eigenvalue weighted by atomic mass is 16.1. The Morgan fingerprint density at radius 2 is 1.81 bits per heavy atom. The molecule has 1 aromatic heterocycles. The first-order valence-electron chi connectivity index (χ1n) is 10.1. The second kappa shape index (κ2) is 8.67. The molecule has 4 rings (SSSR count). The normalized spacial score (nSPS) is 17.9. The van der Waals surface area contributed by atoms with Gasteiger partial charge in [-0.25, -0.2) is 0 Å². The van der Waals surface area contributed by atoms with Gasteiger partial charge in [-0.05, 0) is 37.1 Å². The highest BCUT2D eigenvalue weighted by Crippen LogP contribution is 2.16. The van der Waals surface area contributed by atoms with Crippen LogP contribution in [0, 0.1) is 0 Å². The van der Waals surface area contributed by atoms with Crippen molar-refractivity contribution in [2.24, 2.45) is 0 Å². The number of hydrogen-bond acceptors (Lipinski definition) is 4. The van der Waals surface area contributed by atoms with Crippen LogP contribution in [-0.2, 0) is 26.1 Å². The summed E-state index contributed by atoms with van der Waals surface area (Å²) in [6.07, 6.45) is 6.26. The standard InChI is InChI=1S/C21H29N5O/c27-21(20-18-14-22-10-9-19(18)24-25-20)23-13-16-5-7-17(8-6-16)15-26-11-3-1-2-4-12-26/h5-8,22H,1-4,9-15H2,(H,23,27)(H,24,25). The lowest BCUT2D eigenvalue weighted by molar-refractivity contribution is 0.0944. The smallest absolute Gasteiger partial charge is 0.272 e. The molecule has 0 atom stereocenters. The number of benzene rings is 1. The maximum Gasteiger partial charge on any atom is 0.272 e. The summed E-state index contributed by atoms with van der Waals surface area (Å²) in [5.74, 6) is -0.107. The number of hydrogen-bond donors (Lipinski definition) is 3. The third kappa shape index (κ3) is 4.57. The van der Waals surface area contributed by atoms with Gasteiger partial charge in [-0.2, -0.15) is 5.10 Å². The van der Waals surface area contributed by atoms with E-state index in [2.05, 4.69) is 50.0 Å². The van der Waals surface area contributed by atoms with Gasteiger partial charge < -0.3 is 10.6 Å². The van der Waals surface area contributed by atoms with Gasteiger partial charge in [-0.3, -0.25) is 14.8 Å². The van der Waals surface area contributed by atoms with Crippen LogP contribution < -0.4 is 10.6 Å². The summed E-state index contributed by atoms with van der Waals surface area (Å²) in [5, 5.41) is 13.5. The van der Waals surface area contributed by atoms with Crippen LogP contribution in [0.15, 0.2) is 24.3 Å². The Hall–Kier alpha value is -2.18. The fourth-order valence-electron chi connectivity index (χ4n) is 3.99. The van der Waals surface area contributed by atoms with Gasteiger partial charge in [0, 0.05) is 43.9 Å². The monoisotopic (exact) mass is 367 g/mol. The summed E-state index contributed by atoms with van der Waals surface area (Å²) in [6, 6.07) is 8.61. The summed E-state index contributed by atoms with van der Waals surface area (Å²) >= 11 is 0. The topological polar surface area (TPSA) is 73.0 Å². The molecule has 27 heavy (non-hydrogen) atoms. The van der Waals surface area contributed by atoms with Crippen LogP contribution in [0.2, 0.25) is 0 Å². The molecule has 0 spiro atoms. The van der Waals surface area contributed by atoms with Crippen molar-refractivity contribution in [1.82, 2.24) is 25.7 Å². The Labute approximate surface area is 160 Å². The number of likely N-dealkylation sites (tertiary alicyclic amines) is 1. The number of carbonyl (C=O) groups excluding carboxylic acids is 1. The molecule has 0 saturated carbocycles. The van der Waals surface area contributed by atoms with Gasteiger partial charge in [-0.1, -0.05) is 37.1 Å². The molecule has 6 heteroatoms. The molecule has 2 aromatic rings. The van der Waals surface area contributed by atoms with E-state index in [0.29, 0.717) is 18.8 Å². The van der Waals surface area contributed by atoms with Crippen LogP contribution in [0.5, 0.6) is 0 Å². The lowest BCUT2D eigenvalue weighted by Gasteiger charge is -2.19. The number of nitrogens with zero attached hydrogens (tertiary/aromatic N) is 2. The minimum Gasteiger partial charge on any atom is -0.347 e. The van der Waals surface area contributed by atoms with E-state index >= 15 is 0 Å². The number of amides is 1. The van der Waals surface area contributed by atoms with Crippen molar-refractivity contribution in [2.75, 3.05) is 19.6 Å². The SMILES string of the molecule is O=C(NCc1ccc(CN2CCCCCC2)cc1)c1n[nH]c2c1CNCC2. The quantitative estimate of drug-likeness (QED) is 0.759. The average Bonchev–Trinajstić information content (AvgIpc) is 2.97. The molecule has 2 aliphatic rings. The number of rotatable bonds is 5. The Bertz CT molecular complexity index is 759. The Balaban J connectivity index is 1.31. The van der Waals surface area contributed by atoms with Crippen LogP contribution in [0.3, 0.4) is 0 Å². The highest BCUT2D eigenvalue weighted by molar-refractivity contribution is 5.94. The first-order chi connectivity index (χ1) is 13.3. The third-order valence-corrected chi connectivity index (χ3v) is 5.60. The summed E-state index contributed by atoms with van der Waals surface area (Å²) in [5.41, 5.74) is 5.07. The van der Waals surface area contributed by atoms with Crippen molar-refractivity contribution in [2.45, 2.75) is 51.7 Å². The summed E-state index contributed by atoms with van der Waals surface area (Å²) in [7, 11) is 0. The zero-order chi connectivity index (χ0) is 18.5. The van der Waals surface area contributed by atoms with Crippen LogP contribution in [0.1, 0.15) is 58.6 Å². The van der Waals surface area contributed by atoms with E-state index in [0.717, 1.165) is 36.3 Å². The molecule has 1 amide bonds. The molecular formula is C21H29N5O. The van der Waals surface area contributed by atoms with Crippen molar-refractivity contribution < 1.29 is 4.79 Å². The third-order valence-electron chi connectivity index (χ3n) is 5.60. The molecule has 2 aliphatic heterocycles.